The molecule has 0 bridgehead atoms. The van der Waals surface area contributed by atoms with E-state index in [4.69, 9.17) is 23.2 Å². The minimum Gasteiger partial charge on any atom is -0.281 e. The van der Waals surface area contributed by atoms with Crippen LogP contribution >= 0.6 is 46.3 Å². The first kappa shape index (κ1) is 20.2. The van der Waals surface area contributed by atoms with Crippen LogP contribution < -0.4 is 4.90 Å². The Bertz CT molecular complexity index is 1130. The minimum absolute atomic E-state index is 0.0502. The molecule has 4 rings (SSSR count). The summed E-state index contributed by atoms with van der Waals surface area (Å²) in [7, 11) is 0. The van der Waals surface area contributed by atoms with Crippen LogP contribution in [0.3, 0.4) is 0 Å². The molecule has 1 amide bonds. The second-order valence-corrected chi connectivity index (χ2v) is 9.03. The Hall–Kier alpha value is -2.12. The number of thioether (sulfide) groups is 1. The molecule has 0 atom stereocenters. The smallest absolute Gasteiger partial charge is 0.239 e. The van der Waals surface area contributed by atoms with Crippen molar-refractivity contribution in [3.8, 4) is 0 Å². The van der Waals surface area contributed by atoms with Gasteiger partial charge in [0.2, 0.25) is 5.91 Å². The summed E-state index contributed by atoms with van der Waals surface area (Å²) < 4.78 is 0.941. The molecule has 8 heteroatoms. The molecule has 0 unspecified atom stereocenters. The normalized spacial score (nSPS) is 11.0. The van der Waals surface area contributed by atoms with Crippen LogP contribution in [0.2, 0.25) is 10.0 Å². The lowest BCUT2D eigenvalue weighted by molar-refractivity contribution is -0.116. The molecule has 0 aliphatic heterocycles. The summed E-state index contributed by atoms with van der Waals surface area (Å²) in [5, 5.41) is 1.86. The van der Waals surface area contributed by atoms with Crippen LogP contribution in [0.5, 0.6) is 0 Å². The highest BCUT2D eigenvalue weighted by atomic mass is 35.5. The van der Waals surface area contributed by atoms with Gasteiger partial charge in [-0.1, -0.05) is 46.7 Å². The number of rotatable bonds is 6. The number of anilines is 1. The van der Waals surface area contributed by atoms with Crippen LogP contribution in [0.25, 0.3) is 10.2 Å². The molecule has 0 fully saturated rings. The Morgan fingerprint density at radius 2 is 1.86 bits per heavy atom. The Morgan fingerprint density at radius 3 is 2.59 bits per heavy atom. The maximum Gasteiger partial charge on any atom is 0.239 e. The second kappa shape index (κ2) is 9.13. The van der Waals surface area contributed by atoms with Crippen LogP contribution in [-0.4, -0.2) is 21.6 Å². The van der Waals surface area contributed by atoms with Gasteiger partial charge < -0.3 is 0 Å². The number of hydrogen-bond acceptors (Lipinski definition) is 5. The minimum atomic E-state index is -0.0502. The van der Waals surface area contributed by atoms with Gasteiger partial charge in [-0.2, -0.15) is 0 Å². The zero-order chi connectivity index (χ0) is 20.2. The van der Waals surface area contributed by atoms with E-state index < -0.39 is 0 Å². The number of pyridine rings is 1. The number of benzene rings is 2. The molecule has 0 saturated heterocycles. The Kier molecular flexibility index (Phi) is 6.35. The molecule has 0 saturated carbocycles. The number of amides is 1. The predicted molar refractivity (Wildman–Crippen MR) is 122 cm³/mol. The van der Waals surface area contributed by atoms with Crippen LogP contribution in [0, 0.1) is 0 Å². The number of carbonyl (C=O) groups is 1. The van der Waals surface area contributed by atoms with Crippen molar-refractivity contribution in [3.63, 3.8) is 0 Å². The Balaban J connectivity index is 1.60. The lowest BCUT2D eigenvalue weighted by Crippen LogP contribution is -2.32. The molecular formula is C21H15Cl2N3OS2. The van der Waals surface area contributed by atoms with E-state index in [0.717, 1.165) is 15.3 Å². The van der Waals surface area contributed by atoms with Crippen molar-refractivity contribution in [2.24, 2.45) is 0 Å². The van der Waals surface area contributed by atoms with Crippen molar-refractivity contribution in [2.45, 2.75) is 11.4 Å². The van der Waals surface area contributed by atoms with Crippen molar-refractivity contribution < 1.29 is 4.79 Å². The molecule has 4 aromatic rings. The maximum atomic E-state index is 13.1. The van der Waals surface area contributed by atoms with Gasteiger partial charge in [-0.15, -0.1) is 11.8 Å². The van der Waals surface area contributed by atoms with Crippen LogP contribution in [-0.2, 0) is 11.3 Å². The van der Waals surface area contributed by atoms with Crippen LogP contribution in [0.4, 0.5) is 5.13 Å². The fourth-order valence-electron chi connectivity index (χ4n) is 2.69. The molecule has 0 aliphatic rings. The summed E-state index contributed by atoms with van der Waals surface area (Å²) >= 11 is 15.1. The lowest BCUT2D eigenvalue weighted by Gasteiger charge is -2.19. The average molecular weight is 460 g/mol. The molecule has 4 nitrogen and oxygen atoms in total. The van der Waals surface area contributed by atoms with E-state index in [2.05, 4.69) is 9.97 Å². The summed E-state index contributed by atoms with van der Waals surface area (Å²) in [4.78, 5) is 24.8. The average Bonchev–Trinajstić information content (AvgIpc) is 3.17. The standard InChI is InChI=1S/C21H15Cl2N3OS2/c22-14-7-9-16(10-8-14)28-13-19(27)26(12-15-4-1-2-11-24-15)21-25-20-17(23)5-3-6-18(20)29-21/h1-11H,12-13H2. The molecule has 2 aromatic heterocycles. The van der Waals surface area contributed by atoms with Gasteiger partial charge >= 0.3 is 0 Å². The second-order valence-electron chi connectivity index (χ2n) is 6.13. The first-order valence-electron chi connectivity index (χ1n) is 8.74. The molecule has 0 radical (unpaired) electrons. The number of halogens is 2. The van der Waals surface area contributed by atoms with E-state index in [1.165, 1.54) is 23.1 Å². The van der Waals surface area contributed by atoms with E-state index in [9.17, 15) is 4.79 Å². The van der Waals surface area contributed by atoms with E-state index in [-0.39, 0.29) is 11.7 Å². The number of para-hydroxylation sites is 1. The zero-order valence-electron chi connectivity index (χ0n) is 15.1. The molecule has 146 valence electrons. The van der Waals surface area contributed by atoms with Gasteiger partial charge in [0.25, 0.3) is 0 Å². The van der Waals surface area contributed by atoms with Gasteiger partial charge in [0.15, 0.2) is 5.13 Å². The van der Waals surface area contributed by atoms with Crippen molar-refractivity contribution >= 4 is 67.6 Å². The summed E-state index contributed by atoms with van der Waals surface area (Å²) in [6, 6.07) is 18.7. The van der Waals surface area contributed by atoms with Gasteiger partial charge in [-0.05, 0) is 48.5 Å². The predicted octanol–water partition coefficient (Wildman–Crippen LogP) is 6.32. The first-order valence-corrected chi connectivity index (χ1v) is 11.3. The van der Waals surface area contributed by atoms with Gasteiger partial charge in [0.05, 0.1) is 27.7 Å². The molecular weight excluding hydrogens is 445 g/mol. The van der Waals surface area contributed by atoms with E-state index in [0.29, 0.717) is 27.2 Å². The van der Waals surface area contributed by atoms with Gasteiger partial charge in [-0.25, -0.2) is 4.98 Å². The zero-order valence-corrected chi connectivity index (χ0v) is 18.2. The third kappa shape index (κ3) is 4.90. The van der Waals surface area contributed by atoms with Crippen molar-refractivity contribution in [1.82, 2.24) is 9.97 Å². The third-order valence-electron chi connectivity index (χ3n) is 4.11. The Morgan fingerprint density at radius 1 is 1.03 bits per heavy atom. The number of nitrogens with zero attached hydrogens (tertiary/aromatic N) is 3. The molecule has 2 aromatic carbocycles. The largest absolute Gasteiger partial charge is 0.281 e. The highest BCUT2D eigenvalue weighted by molar-refractivity contribution is 8.00. The van der Waals surface area contributed by atoms with Crippen LogP contribution in [0.15, 0.2) is 71.8 Å². The fourth-order valence-corrected chi connectivity index (χ4v) is 4.87. The monoisotopic (exact) mass is 459 g/mol. The van der Waals surface area contributed by atoms with E-state index in [1.54, 1.807) is 17.2 Å². The third-order valence-corrected chi connectivity index (χ3v) is 6.71. The maximum absolute atomic E-state index is 13.1. The Labute approximate surface area is 186 Å². The molecule has 0 spiro atoms. The van der Waals surface area contributed by atoms with Gasteiger partial charge in [0, 0.05) is 16.1 Å². The summed E-state index contributed by atoms with van der Waals surface area (Å²) in [6.07, 6.45) is 1.72. The number of hydrogen-bond donors (Lipinski definition) is 0. The fraction of sp³-hybridized carbons (Fsp3) is 0.0952. The topological polar surface area (TPSA) is 46.1 Å². The summed E-state index contributed by atoms with van der Waals surface area (Å²) in [5.41, 5.74) is 1.50. The van der Waals surface area contributed by atoms with Crippen molar-refractivity contribution in [2.75, 3.05) is 10.7 Å². The summed E-state index contributed by atoms with van der Waals surface area (Å²) in [5.74, 6) is 0.226. The van der Waals surface area contributed by atoms with E-state index >= 15 is 0 Å². The molecule has 0 N–H and O–H groups in total. The highest BCUT2D eigenvalue weighted by Gasteiger charge is 2.21. The van der Waals surface area contributed by atoms with Crippen LogP contribution in [0.1, 0.15) is 5.69 Å². The number of aromatic nitrogens is 2. The van der Waals surface area contributed by atoms with Gasteiger partial charge in [0.1, 0.15) is 5.52 Å². The summed E-state index contributed by atoms with van der Waals surface area (Å²) in [6.45, 7) is 0.346. The van der Waals surface area contributed by atoms with Gasteiger partial charge in [-0.3, -0.25) is 14.7 Å². The number of fused-ring (bicyclic) bond motifs is 1. The number of thiazole rings is 1. The van der Waals surface area contributed by atoms with Crippen molar-refractivity contribution in [3.05, 3.63) is 82.6 Å². The SMILES string of the molecule is O=C(CSc1ccc(Cl)cc1)N(Cc1ccccn1)c1nc2c(Cl)cccc2s1. The highest BCUT2D eigenvalue weighted by Crippen LogP contribution is 2.34. The molecule has 0 aliphatic carbocycles. The van der Waals surface area contributed by atoms with Crippen molar-refractivity contribution in [1.29, 1.82) is 0 Å². The lowest BCUT2D eigenvalue weighted by atomic mass is 10.3. The molecule has 29 heavy (non-hydrogen) atoms. The molecule has 2 heterocycles. The van der Waals surface area contributed by atoms with E-state index in [1.807, 2.05) is 54.6 Å². The quantitative estimate of drug-likeness (QED) is 0.316. The first-order chi connectivity index (χ1) is 14.1. The number of carbonyl (C=O) groups excluding carboxylic acids is 1.